The average molecular weight is 467 g/mol. The molecule has 1 amide bonds. The summed E-state index contributed by atoms with van der Waals surface area (Å²) in [5.41, 5.74) is 3.49. The van der Waals surface area contributed by atoms with Crippen molar-refractivity contribution in [2.75, 3.05) is 25.0 Å². The van der Waals surface area contributed by atoms with Gasteiger partial charge in [0.05, 0.1) is 6.61 Å². The Balaban J connectivity index is 1.34. The van der Waals surface area contributed by atoms with E-state index in [0.717, 1.165) is 22.4 Å². The Hall–Kier alpha value is -3.69. The molecule has 0 atom stereocenters. The van der Waals surface area contributed by atoms with Crippen molar-refractivity contribution in [2.24, 2.45) is 0 Å². The van der Waals surface area contributed by atoms with Crippen LogP contribution in [0.25, 0.3) is 11.2 Å². The van der Waals surface area contributed by atoms with Crippen molar-refractivity contribution >= 4 is 23.3 Å². The lowest BCUT2D eigenvalue weighted by atomic mass is 10.0. The third-order valence-corrected chi connectivity index (χ3v) is 5.90. The van der Waals surface area contributed by atoms with E-state index in [9.17, 15) is 9.18 Å². The van der Waals surface area contributed by atoms with Crippen LogP contribution in [0.2, 0.25) is 0 Å². The highest BCUT2D eigenvalue weighted by atomic mass is 19.1. The summed E-state index contributed by atoms with van der Waals surface area (Å²) in [7, 11) is 0. The van der Waals surface area contributed by atoms with Crippen LogP contribution in [0, 0.1) is 5.82 Å². The van der Waals surface area contributed by atoms with Crippen LogP contribution in [0.4, 0.5) is 15.1 Å². The Morgan fingerprint density at radius 3 is 2.91 bits per heavy atom. The first kappa shape index (κ1) is 22.1. The lowest BCUT2D eigenvalue weighted by Crippen LogP contribution is -2.39. The molecule has 2 aliphatic heterocycles. The normalized spacial score (nSPS) is 15.6. The molecule has 1 aromatic carbocycles. The van der Waals surface area contributed by atoms with Crippen LogP contribution < -0.4 is 10.1 Å². The third-order valence-electron chi connectivity index (χ3n) is 5.90. The quantitative estimate of drug-likeness (QED) is 0.624. The molecule has 1 N–H and O–H groups in total. The summed E-state index contributed by atoms with van der Waals surface area (Å²) in [6.45, 7) is 7.39. The second-order valence-corrected chi connectivity index (χ2v) is 9.38. The minimum absolute atomic E-state index is 0.268. The maximum absolute atomic E-state index is 14.5. The molecule has 3 aromatic rings. The van der Waals surface area contributed by atoms with Crippen LogP contribution in [0.15, 0.2) is 30.7 Å². The Morgan fingerprint density at radius 2 is 2.15 bits per heavy atom. The van der Waals surface area contributed by atoms with E-state index in [4.69, 9.17) is 9.47 Å². The number of aromatic nitrogens is 4. The Bertz CT molecular complexity index is 1280. The van der Waals surface area contributed by atoms with Gasteiger partial charge >= 0.3 is 6.09 Å². The Kier molecular flexibility index (Phi) is 5.59. The van der Waals surface area contributed by atoms with E-state index in [1.165, 1.54) is 6.07 Å². The molecule has 4 heterocycles. The number of hydrogen-bond acceptors (Lipinski definition) is 7. The maximum atomic E-state index is 14.5. The van der Waals surface area contributed by atoms with Crippen LogP contribution in [0.3, 0.4) is 0 Å². The molecule has 34 heavy (non-hydrogen) atoms. The van der Waals surface area contributed by atoms with Gasteiger partial charge in [0.25, 0.3) is 0 Å². The first-order chi connectivity index (χ1) is 16.3. The van der Waals surface area contributed by atoms with Gasteiger partial charge in [0, 0.05) is 48.9 Å². The summed E-state index contributed by atoms with van der Waals surface area (Å²) in [4.78, 5) is 18.6. The molecular formula is C24H27FN6O3. The van der Waals surface area contributed by atoms with Crippen LogP contribution in [0.1, 0.15) is 43.9 Å². The molecular weight excluding hydrogens is 439 g/mol. The zero-order chi connectivity index (χ0) is 23.9. The van der Waals surface area contributed by atoms with Gasteiger partial charge in [0.2, 0.25) is 5.95 Å². The predicted molar refractivity (Wildman–Crippen MR) is 124 cm³/mol. The standard InChI is InChI=1S/C24H27FN6O3/c1-24(2,3)34-23(32)30-9-6-15(7-10-30)17-12-26-22(31-14-28-29-21(17)31)27-13-18-16-8-11-33-20(16)5-4-19(18)25/h4-6,12,14H,7-11,13H2,1-3H3,(H,26,27). The van der Waals surface area contributed by atoms with Crippen molar-refractivity contribution in [1.82, 2.24) is 24.5 Å². The van der Waals surface area contributed by atoms with Crippen molar-refractivity contribution in [3.63, 3.8) is 0 Å². The Morgan fingerprint density at radius 1 is 1.29 bits per heavy atom. The minimum atomic E-state index is -0.530. The molecule has 9 nitrogen and oxygen atoms in total. The van der Waals surface area contributed by atoms with Gasteiger partial charge in [-0.2, -0.15) is 0 Å². The number of anilines is 1. The number of benzene rings is 1. The molecule has 0 bridgehead atoms. The fraction of sp³-hybridized carbons (Fsp3) is 0.417. The van der Waals surface area contributed by atoms with Gasteiger partial charge in [-0.3, -0.25) is 4.40 Å². The monoisotopic (exact) mass is 466 g/mol. The lowest BCUT2D eigenvalue weighted by Gasteiger charge is -2.29. The van der Waals surface area contributed by atoms with E-state index in [1.807, 2.05) is 26.8 Å². The highest BCUT2D eigenvalue weighted by Crippen LogP contribution is 2.31. The SMILES string of the molecule is CC(C)(C)OC(=O)N1CC=C(c2cnc(NCc3c(F)ccc4c3CCO4)n3cnnc23)CC1. The number of hydrogen-bond donors (Lipinski definition) is 1. The van der Waals surface area contributed by atoms with Crippen molar-refractivity contribution in [3.8, 4) is 5.75 Å². The van der Waals surface area contributed by atoms with E-state index in [-0.39, 0.29) is 18.5 Å². The van der Waals surface area contributed by atoms with Gasteiger partial charge in [-0.1, -0.05) is 6.08 Å². The zero-order valence-corrected chi connectivity index (χ0v) is 19.5. The fourth-order valence-corrected chi connectivity index (χ4v) is 4.26. The van der Waals surface area contributed by atoms with Crippen molar-refractivity contribution in [3.05, 3.63) is 53.2 Å². The van der Waals surface area contributed by atoms with E-state index in [1.54, 1.807) is 27.9 Å². The van der Waals surface area contributed by atoms with Crippen LogP contribution in [-0.2, 0) is 17.7 Å². The molecule has 10 heteroatoms. The second kappa shape index (κ2) is 8.58. The van der Waals surface area contributed by atoms with Crippen molar-refractivity contribution in [2.45, 2.75) is 45.8 Å². The van der Waals surface area contributed by atoms with Gasteiger partial charge in [0.1, 0.15) is 23.5 Å². The summed E-state index contributed by atoms with van der Waals surface area (Å²) in [5, 5.41) is 11.6. The largest absolute Gasteiger partial charge is 0.493 e. The predicted octanol–water partition coefficient (Wildman–Crippen LogP) is 3.83. The zero-order valence-electron chi connectivity index (χ0n) is 19.5. The van der Waals surface area contributed by atoms with Gasteiger partial charge in [-0.25, -0.2) is 14.2 Å². The van der Waals surface area contributed by atoms with Crippen LogP contribution in [-0.4, -0.2) is 55.9 Å². The minimum Gasteiger partial charge on any atom is -0.493 e. The number of nitrogens with zero attached hydrogens (tertiary/aromatic N) is 5. The number of rotatable bonds is 4. The molecule has 0 spiro atoms. The first-order valence-corrected chi connectivity index (χ1v) is 11.3. The third kappa shape index (κ3) is 4.27. The van der Waals surface area contributed by atoms with Crippen LogP contribution >= 0.6 is 0 Å². The van der Waals surface area contributed by atoms with Crippen molar-refractivity contribution in [1.29, 1.82) is 0 Å². The van der Waals surface area contributed by atoms with Gasteiger partial charge < -0.3 is 19.7 Å². The molecule has 0 unspecified atom stereocenters. The molecule has 0 fully saturated rings. The highest BCUT2D eigenvalue weighted by molar-refractivity contribution is 5.78. The summed E-state index contributed by atoms with van der Waals surface area (Å²) < 4.78 is 27.3. The van der Waals surface area contributed by atoms with Crippen molar-refractivity contribution < 1.29 is 18.7 Å². The summed E-state index contributed by atoms with van der Waals surface area (Å²) in [5.74, 6) is 0.988. The Labute approximate surface area is 196 Å². The maximum Gasteiger partial charge on any atom is 0.410 e. The molecule has 0 aliphatic carbocycles. The molecule has 5 rings (SSSR count). The van der Waals surface area contributed by atoms with Gasteiger partial charge in [-0.05, 0) is 44.9 Å². The summed E-state index contributed by atoms with van der Waals surface area (Å²) in [6.07, 6.45) is 6.34. The number of halogens is 1. The van der Waals surface area contributed by atoms with Crippen LogP contribution in [0.5, 0.6) is 5.75 Å². The number of ether oxygens (including phenoxy) is 2. The number of carbonyl (C=O) groups is 1. The lowest BCUT2D eigenvalue weighted by molar-refractivity contribution is 0.0270. The molecule has 0 radical (unpaired) electrons. The fourth-order valence-electron chi connectivity index (χ4n) is 4.26. The second-order valence-electron chi connectivity index (χ2n) is 9.38. The number of fused-ring (bicyclic) bond motifs is 2. The average Bonchev–Trinajstić information content (AvgIpc) is 3.47. The summed E-state index contributed by atoms with van der Waals surface area (Å²) >= 11 is 0. The number of amides is 1. The number of carbonyl (C=O) groups excluding carboxylic acids is 1. The van der Waals surface area contributed by atoms with E-state index < -0.39 is 5.60 Å². The van der Waals surface area contributed by atoms with E-state index in [0.29, 0.717) is 49.7 Å². The summed E-state index contributed by atoms with van der Waals surface area (Å²) in [6, 6.07) is 3.11. The van der Waals surface area contributed by atoms with Gasteiger partial charge in [0.15, 0.2) is 5.65 Å². The smallest absolute Gasteiger partial charge is 0.410 e. The highest BCUT2D eigenvalue weighted by Gasteiger charge is 2.25. The molecule has 2 aliphatic rings. The van der Waals surface area contributed by atoms with E-state index in [2.05, 4.69) is 20.5 Å². The number of nitrogens with one attached hydrogen (secondary N) is 1. The molecule has 2 aromatic heterocycles. The first-order valence-electron chi connectivity index (χ1n) is 11.3. The van der Waals surface area contributed by atoms with Gasteiger partial charge in [-0.15, -0.1) is 10.2 Å². The van der Waals surface area contributed by atoms with E-state index >= 15 is 0 Å². The molecule has 178 valence electrons. The molecule has 0 saturated heterocycles. The topological polar surface area (TPSA) is 93.9 Å². The molecule has 0 saturated carbocycles.